The van der Waals surface area contributed by atoms with Crippen molar-refractivity contribution < 1.29 is 4.79 Å². The molecule has 0 heterocycles. The first-order valence-electron chi connectivity index (χ1n) is 8.36. The van der Waals surface area contributed by atoms with E-state index in [9.17, 15) is 4.79 Å². The molecule has 0 aromatic heterocycles. The summed E-state index contributed by atoms with van der Waals surface area (Å²) in [7, 11) is 0. The van der Waals surface area contributed by atoms with Gasteiger partial charge in [0.2, 0.25) is 5.91 Å². The smallest absolute Gasteiger partial charge is 0.220 e. The van der Waals surface area contributed by atoms with E-state index in [-0.39, 0.29) is 11.8 Å². The van der Waals surface area contributed by atoms with Crippen molar-refractivity contribution in [1.82, 2.24) is 10.6 Å². The molecule has 2 rings (SSSR count). The second-order valence-electron chi connectivity index (χ2n) is 5.70. The Balaban J connectivity index is 1.98. The average molecular weight is 310 g/mol. The third-order valence-corrected chi connectivity index (χ3v) is 3.90. The number of hydrogen-bond acceptors (Lipinski definition) is 2. The molecule has 3 nitrogen and oxygen atoms in total. The van der Waals surface area contributed by atoms with E-state index in [0.717, 1.165) is 19.5 Å². The molecule has 122 valence electrons. The summed E-state index contributed by atoms with van der Waals surface area (Å²) < 4.78 is 0. The molecule has 2 N–H and O–H groups in total. The van der Waals surface area contributed by atoms with Crippen LogP contribution >= 0.6 is 0 Å². The summed E-state index contributed by atoms with van der Waals surface area (Å²) in [5, 5.41) is 6.22. The van der Waals surface area contributed by atoms with E-state index < -0.39 is 0 Å². The van der Waals surface area contributed by atoms with E-state index in [1.165, 1.54) is 11.1 Å². The minimum absolute atomic E-state index is 0.118. The van der Waals surface area contributed by atoms with E-state index in [0.29, 0.717) is 13.0 Å². The lowest BCUT2D eigenvalue weighted by Gasteiger charge is -2.17. The molecular formula is C20H26N2O. The van der Waals surface area contributed by atoms with Crippen LogP contribution in [0, 0.1) is 0 Å². The van der Waals surface area contributed by atoms with E-state index in [1.54, 1.807) is 0 Å². The fourth-order valence-electron chi connectivity index (χ4n) is 2.69. The summed E-state index contributed by atoms with van der Waals surface area (Å²) in [5.41, 5.74) is 2.49. The zero-order valence-electron chi connectivity index (χ0n) is 13.8. The van der Waals surface area contributed by atoms with Crippen LogP contribution in [-0.4, -0.2) is 25.5 Å². The van der Waals surface area contributed by atoms with Crippen LogP contribution in [0.3, 0.4) is 0 Å². The Hall–Kier alpha value is -2.13. The van der Waals surface area contributed by atoms with Gasteiger partial charge in [0.25, 0.3) is 0 Å². The quantitative estimate of drug-likeness (QED) is 0.699. The van der Waals surface area contributed by atoms with Gasteiger partial charge in [0.1, 0.15) is 0 Å². The topological polar surface area (TPSA) is 41.1 Å². The van der Waals surface area contributed by atoms with Crippen LogP contribution < -0.4 is 10.6 Å². The Morgan fingerprint density at radius 3 is 2.26 bits per heavy atom. The summed E-state index contributed by atoms with van der Waals surface area (Å²) in [4.78, 5) is 12.2. The Morgan fingerprint density at radius 2 is 1.61 bits per heavy atom. The molecule has 1 amide bonds. The van der Waals surface area contributed by atoms with Crippen molar-refractivity contribution >= 4 is 5.91 Å². The summed E-state index contributed by atoms with van der Waals surface area (Å²) in [6.45, 7) is 4.49. The molecule has 1 unspecified atom stereocenters. The van der Waals surface area contributed by atoms with Crippen molar-refractivity contribution in [3.8, 4) is 0 Å². The van der Waals surface area contributed by atoms with Gasteiger partial charge < -0.3 is 10.6 Å². The van der Waals surface area contributed by atoms with Gasteiger partial charge in [-0.3, -0.25) is 4.79 Å². The molecule has 0 bridgehead atoms. The highest BCUT2D eigenvalue weighted by Gasteiger charge is 2.16. The fourth-order valence-corrected chi connectivity index (χ4v) is 2.69. The predicted molar refractivity (Wildman–Crippen MR) is 95.5 cm³/mol. The molecule has 0 saturated carbocycles. The molecule has 0 spiro atoms. The maximum atomic E-state index is 12.2. The molecule has 2 aromatic carbocycles. The number of likely N-dealkylation sites (N-methyl/N-ethyl adjacent to an activating group) is 1. The zero-order chi connectivity index (χ0) is 16.3. The largest absolute Gasteiger partial charge is 0.355 e. The zero-order valence-corrected chi connectivity index (χ0v) is 13.8. The number of rotatable bonds is 9. The van der Waals surface area contributed by atoms with Gasteiger partial charge in [0.15, 0.2) is 0 Å². The predicted octanol–water partition coefficient (Wildman–Crippen LogP) is 3.13. The Kier molecular flexibility index (Phi) is 7.34. The Labute approximate surface area is 139 Å². The Bertz CT molecular complexity index is 569. The normalized spacial score (nSPS) is 11.9. The molecule has 0 saturated heterocycles. The van der Waals surface area contributed by atoms with Crippen LogP contribution in [0.25, 0.3) is 0 Å². The van der Waals surface area contributed by atoms with E-state index >= 15 is 0 Å². The second kappa shape index (κ2) is 9.80. The minimum Gasteiger partial charge on any atom is -0.355 e. The van der Waals surface area contributed by atoms with Crippen molar-refractivity contribution in [1.29, 1.82) is 0 Å². The van der Waals surface area contributed by atoms with Gasteiger partial charge in [0, 0.05) is 19.5 Å². The first-order chi connectivity index (χ1) is 11.3. The van der Waals surface area contributed by atoms with Crippen LogP contribution in [0.5, 0.6) is 0 Å². The van der Waals surface area contributed by atoms with Crippen molar-refractivity contribution in [2.24, 2.45) is 0 Å². The number of hydrogen-bond donors (Lipinski definition) is 2. The number of carbonyl (C=O) groups is 1. The lowest BCUT2D eigenvalue weighted by atomic mass is 9.89. The maximum absolute atomic E-state index is 12.2. The van der Waals surface area contributed by atoms with E-state index in [2.05, 4.69) is 41.8 Å². The molecule has 0 radical (unpaired) electrons. The number of nitrogens with one attached hydrogen (secondary N) is 2. The third kappa shape index (κ3) is 6.25. The fraction of sp³-hybridized carbons (Fsp3) is 0.350. The third-order valence-electron chi connectivity index (χ3n) is 3.90. The molecule has 2 aromatic rings. The SMILES string of the molecule is CCNCCNC(=O)CC(Cc1ccccc1)c1ccccc1. The number of benzene rings is 2. The molecule has 0 aliphatic heterocycles. The molecule has 0 fully saturated rings. The van der Waals surface area contributed by atoms with E-state index in [4.69, 9.17) is 0 Å². The van der Waals surface area contributed by atoms with Gasteiger partial charge in [-0.05, 0) is 30.0 Å². The van der Waals surface area contributed by atoms with Crippen molar-refractivity contribution in [3.05, 3.63) is 71.8 Å². The highest BCUT2D eigenvalue weighted by atomic mass is 16.1. The van der Waals surface area contributed by atoms with Gasteiger partial charge >= 0.3 is 0 Å². The van der Waals surface area contributed by atoms with Gasteiger partial charge in [-0.2, -0.15) is 0 Å². The molecule has 3 heteroatoms. The minimum atomic E-state index is 0.118. The molecular weight excluding hydrogens is 284 g/mol. The van der Waals surface area contributed by atoms with Crippen LogP contribution in [0.2, 0.25) is 0 Å². The van der Waals surface area contributed by atoms with Crippen molar-refractivity contribution in [2.45, 2.75) is 25.7 Å². The molecule has 0 aliphatic carbocycles. The standard InChI is InChI=1S/C20H26N2O/c1-2-21-13-14-22-20(23)16-19(18-11-7-4-8-12-18)15-17-9-5-3-6-10-17/h3-12,19,21H,2,13-16H2,1H3,(H,22,23). The van der Waals surface area contributed by atoms with Crippen molar-refractivity contribution in [2.75, 3.05) is 19.6 Å². The summed E-state index contributed by atoms with van der Waals surface area (Å²) in [6, 6.07) is 20.7. The van der Waals surface area contributed by atoms with Crippen LogP contribution in [0.4, 0.5) is 0 Å². The van der Waals surface area contributed by atoms with Gasteiger partial charge in [-0.25, -0.2) is 0 Å². The van der Waals surface area contributed by atoms with E-state index in [1.807, 2.05) is 36.4 Å². The summed E-state index contributed by atoms with van der Waals surface area (Å²) in [6.07, 6.45) is 1.40. The van der Waals surface area contributed by atoms with Gasteiger partial charge in [-0.15, -0.1) is 0 Å². The maximum Gasteiger partial charge on any atom is 0.220 e. The monoisotopic (exact) mass is 310 g/mol. The first-order valence-corrected chi connectivity index (χ1v) is 8.36. The summed E-state index contributed by atoms with van der Waals surface area (Å²) in [5.74, 6) is 0.324. The van der Waals surface area contributed by atoms with Crippen LogP contribution in [0.1, 0.15) is 30.4 Å². The number of amides is 1. The highest BCUT2D eigenvalue weighted by Crippen LogP contribution is 2.24. The van der Waals surface area contributed by atoms with Crippen LogP contribution in [0.15, 0.2) is 60.7 Å². The second-order valence-corrected chi connectivity index (χ2v) is 5.70. The Morgan fingerprint density at radius 1 is 0.957 bits per heavy atom. The lowest BCUT2D eigenvalue weighted by molar-refractivity contribution is -0.121. The molecule has 0 aliphatic rings. The van der Waals surface area contributed by atoms with Gasteiger partial charge in [-0.1, -0.05) is 67.6 Å². The van der Waals surface area contributed by atoms with Gasteiger partial charge in [0.05, 0.1) is 0 Å². The highest BCUT2D eigenvalue weighted by molar-refractivity contribution is 5.76. The number of carbonyl (C=O) groups excluding carboxylic acids is 1. The first kappa shape index (κ1) is 17.2. The lowest BCUT2D eigenvalue weighted by Crippen LogP contribution is -2.32. The molecule has 23 heavy (non-hydrogen) atoms. The average Bonchev–Trinajstić information content (AvgIpc) is 2.60. The molecule has 1 atom stereocenters. The van der Waals surface area contributed by atoms with Crippen molar-refractivity contribution in [3.63, 3.8) is 0 Å². The van der Waals surface area contributed by atoms with Crippen LogP contribution in [-0.2, 0) is 11.2 Å². The summed E-state index contributed by atoms with van der Waals surface area (Å²) >= 11 is 0.